The topological polar surface area (TPSA) is 125 Å². The van der Waals surface area contributed by atoms with Crippen LogP contribution >= 0.6 is 0 Å². The Bertz CT molecular complexity index is 758. The molecule has 0 aliphatic rings. The molecule has 21 heavy (non-hydrogen) atoms. The minimum absolute atomic E-state index is 0.145. The number of carbonyl (C=O) groups excluding carboxylic acids is 1. The molecule has 2 aromatic carbocycles. The van der Waals surface area contributed by atoms with Crippen LogP contribution in [0.1, 0.15) is 0 Å². The molecule has 9 heteroatoms. The smallest absolute Gasteiger partial charge is 0.403 e. The van der Waals surface area contributed by atoms with Crippen molar-refractivity contribution in [2.45, 2.75) is 0 Å². The standard InChI is InChI=1S/C12H9N3O6/c1-13-12(16)21-10-5-2-7-6-8(14(17)18)3-4-9(7)11(10)15(19)20/h2-6H,1H3,(H,13,16). The van der Waals surface area contributed by atoms with E-state index in [4.69, 9.17) is 4.74 Å². The zero-order valence-corrected chi connectivity index (χ0v) is 10.7. The first kappa shape index (κ1) is 14.2. The molecule has 0 atom stereocenters. The monoisotopic (exact) mass is 291 g/mol. The lowest BCUT2D eigenvalue weighted by atomic mass is 10.1. The van der Waals surface area contributed by atoms with E-state index < -0.39 is 21.6 Å². The van der Waals surface area contributed by atoms with E-state index in [2.05, 4.69) is 5.32 Å². The van der Waals surface area contributed by atoms with Gasteiger partial charge in [0, 0.05) is 19.2 Å². The number of fused-ring (bicyclic) bond motifs is 1. The number of nitrogens with zero attached hydrogens (tertiary/aromatic N) is 2. The summed E-state index contributed by atoms with van der Waals surface area (Å²) in [5.41, 5.74) is -0.609. The summed E-state index contributed by atoms with van der Waals surface area (Å²) in [5.74, 6) is -0.235. The van der Waals surface area contributed by atoms with Crippen molar-refractivity contribution in [3.05, 3.63) is 50.6 Å². The van der Waals surface area contributed by atoms with Crippen LogP contribution in [0.3, 0.4) is 0 Å². The van der Waals surface area contributed by atoms with Crippen molar-refractivity contribution in [1.29, 1.82) is 0 Å². The van der Waals surface area contributed by atoms with Gasteiger partial charge in [0.25, 0.3) is 5.69 Å². The number of nitro benzene ring substituents is 2. The highest BCUT2D eigenvalue weighted by atomic mass is 16.6. The van der Waals surface area contributed by atoms with Crippen molar-refractivity contribution in [3.8, 4) is 5.75 Å². The predicted molar refractivity (Wildman–Crippen MR) is 72.3 cm³/mol. The third-order valence-corrected chi connectivity index (χ3v) is 2.74. The fourth-order valence-corrected chi connectivity index (χ4v) is 1.82. The molecular formula is C12H9N3O6. The third kappa shape index (κ3) is 2.71. The van der Waals surface area contributed by atoms with E-state index in [1.165, 1.54) is 31.3 Å². The first-order chi connectivity index (χ1) is 9.93. The van der Waals surface area contributed by atoms with E-state index in [1.807, 2.05) is 0 Å². The number of ether oxygens (including phenoxy) is 1. The van der Waals surface area contributed by atoms with Crippen molar-refractivity contribution in [1.82, 2.24) is 5.32 Å². The van der Waals surface area contributed by atoms with Gasteiger partial charge in [-0.3, -0.25) is 20.2 Å². The molecule has 2 rings (SSSR count). The summed E-state index contributed by atoms with van der Waals surface area (Å²) in [4.78, 5) is 31.8. The van der Waals surface area contributed by atoms with Gasteiger partial charge in [0.15, 0.2) is 0 Å². The second-order valence-corrected chi connectivity index (χ2v) is 3.97. The van der Waals surface area contributed by atoms with Crippen LogP contribution in [-0.4, -0.2) is 23.0 Å². The van der Waals surface area contributed by atoms with Gasteiger partial charge in [0.2, 0.25) is 5.75 Å². The minimum Gasteiger partial charge on any atom is -0.403 e. The minimum atomic E-state index is -0.848. The van der Waals surface area contributed by atoms with Crippen molar-refractivity contribution in [2.24, 2.45) is 0 Å². The molecule has 0 heterocycles. The Morgan fingerprint density at radius 2 is 1.86 bits per heavy atom. The lowest BCUT2D eigenvalue weighted by Gasteiger charge is -2.06. The Hall–Kier alpha value is -3.23. The van der Waals surface area contributed by atoms with Crippen LogP contribution in [0.2, 0.25) is 0 Å². The van der Waals surface area contributed by atoms with E-state index in [0.29, 0.717) is 5.39 Å². The predicted octanol–water partition coefficient (Wildman–Crippen LogP) is 2.37. The highest BCUT2D eigenvalue weighted by Crippen LogP contribution is 2.36. The van der Waals surface area contributed by atoms with Gasteiger partial charge in [-0.1, -0.05) is 0 Å². The maximum Gasteiger partial charge on any atom is 0.412 e. The molecule has 0 bridgehead atoms. The van der Waals surface area contributed by atoms with Crippen LogP contribution in [0.5, 0.6) is 5.75 Å². The molecule has 0 radical (unpaired) electrons. The van der Waals surface area contributed by atoms with Crippen LogP contribution in [0.15, 0.2) is 30.3 Å². The fourth-order valence-electron chi connectivity index (χ4n) is 1.82. The van der Waals surface area contributed by atoms with E-state index in [0.717, 1.165) is 6.07 Å². The SMILES string of the molecule is CNC(=O)Oc1ccc2cc([N+](=O)[O-])ccc2c1[N+](=O)[O-]. The Kier molecular flexibility index (Phi) is 3.65. The van der Waals surface area contributed by atoms with Gasteiger partial charge in [-0.2, -0.15) is 0 Å². The van der Waals surface area contributed by atoms with Crippen molar-refractivity contribution in [2.75, 3.05) is 7.05 Å². The molecule has 9 nitrogen and oxygen atoms in total. The summed E-state index contributed by atoms with van der Waals surface area (Å²) in [7, 11) is 1.32. The Labute approximate surface area is 117 Å². The molecule has 0 aliphatic carbocycles. The highest BCUT2D eigenvalue weighted by Gasteiger charge is 2.22. The van der Waals surface area contributed by atoms with Crippen LogP contribution in [0.25, 0.3) is 10.8 Å². The zero-order chi connectivity index (χ0) is 15.6. The van der Waals surface area contributed by atoms with Gasteiger partial charge in [-0.15, -0.1) is 0 Å². The molecule has 0 saturated carbocycles. The number of amides is 1. The number of benzene rings is 2. The summed E-state index contributed by atoms with van der Waals surface area (Å²) in [6.07, 6.45) is -0.848. The second-order valence-electron chi connectivity index (χ2n) is 3.97. The van der Waals surface area contributed by atoms with Gasteiger partial charge in [0.05, 0.1) is 15.2 Å². The van der Waals surface area contributed by atoms with Crippen molar-refractivity contribution < 1.29 is 19.4 Å². The van der Waals surface area contributed by atoms with Crippen LogP contribution in [0.4, 0.5) is 16.2 Å². The number of hydrogen-bond acceptors (Lipinski definition) is 6. The lowest BCUT2D eigenvalue weighted by Crippen LogP contribution is -2.22. The molecule has 0 fully saturated rings. The second kappa shape index (κ2) is 5.41. The van der Waals surface area contributed by atoms with Gasteiger partial charge >= 0.3 is 11.8 Å². The number of nitro groups is 2. The molecule has 0 spiro atoms. The summed E-state index contributed by atoms with van der Waals surface area (Å²) in [6.45, 7) is 0. The van der Waals surface area contributed by atoms with Crippen molar-refractivity contribution >= 4 is 28.2 Å². The third-order valence-electron chi connectivity index (χ3n) is 2.74. The molecule has 0 aromatic heterocycles. The zero-order valence-electron chi connectivity index (χ0n) is 10.7. The van der Waals surface area contributed by atoms with E-state index in [1.54, 1.807) is 0 Å². The summed E-state index contributed by atoms with van der Waals surface area (Å²) in [6, 6.07) is 6.25. The highest BCUT2D eigenvalue weighted by molar-refractivity contribution is 5.95. The summed E-state index contributed by atoms with van der Waals surface area (Å²) in [5, 5.41) is 24.5. The van der Waals surface area contributed by atoms with Gasteiger partial charge < -0.3 is 10.1 Å². The molecule has 1 amide bonds. The first-order valence-corrected chi connectivity index (χ1v) is 5.69. The molecule has 0 saturated heterocycles. The van der Waals surface area contributed by atoms with E-state index >= 15 is 0 Å². The van der Waals surface area contributed by atoms with E-state index in [-0.39, 0.29) is 16.8 Å². The molecule has 2 aromatic rings. The molecule has 0 unspecified atom stereocenters. The van der Waals surface area contributed by atoms with Gasteiger partial charge in [-0.25, -0.2) is 4.79 Å². The molecule has 108 valence electrons. The van der Waals surface area contributed by atoms with Gasteiger partial charge in [-0.05, 0) is 23.6 Å². The maximum absolute atomic E-state index is 11.2. The van der Waals surface area contributed by atoms with Crippen LogP contribution in [0, 0.1) is 20.2 Å². The quantitative estimate of drug-likeness (QED) is 0.683. The summed E-state index contributed by atoms with van der Waals surface area (Å²) >= 11 is 0. The number of nitrogens with one attached hydrogen (secondary N) is 1. The Balaban J connectivity index is 2.65. The maximum atomic E-state index is 11.2. The fraction of sp³-hybridized carbons (Fsp3) is 0.0833. The average molecular weight is 291 g/mol. The molecule has 1 N–H and O–H groups in total. The molecular weight excluding hydrogens is 282 g/mol. The van der Waals surface area contributed by atoms with Crippen LogP contribution in [-0.2, 0) is 0 Å². The van der Waals surface area contributed by atoms with Crippen LogP contribution < -0.4 is 10.1 Å². The number of carbonyl (C=O) groups is 1. The summed E-state index contributed by atoms with van der Waals surface area (Å²) < 4.78 is 4.82. The Morgan fingerprint density at radius 1 is 1.14 bits per heavy atom. The largest absolute Gasteiger partial charge is 0.412 e. The van der Waals surface area contributed by atoms with E-state index in [9.17, 15) is 25.0 Å². The van der Waals surface area contributed by atoms with Gasteiger partial charge in [0.1, 0.15) is 0 Å². The lowest BCUT2D eigenvalue weighted by molar-refractivity contribution is -0.385. The normalized spacial score (nSPS) is 10.1. The number of hydrogen-bond donors (Lipinski definition) is 1. The first-order valence-electron chi connectivity index (χ1n) is 5.69. The Morgan fingerprint density at radius 3 is 2.43 bits per heavy atom. The average Bonchev–Trinajstić information content (AvgIpc) is 2.45. The molecule has 0 aliphatic heterocycles. The van der Waals surface area contributed by atoms with Crippen molar-refractivity contribution in [3.63, 3.8) is 0 Å². The number of non-ortho nitro benzene ring substituents is 1. The number of rotatable bonds is 3.